The highest BCUT2D eigenvalue weighted by Crippen LogP contribution is 2.33. The van der Waals surface area contributed by atoms with E-state index in [-0.39, 0.29) is 0 Å². The van der Waals surface area contributed by atoms with Crippen LogP contribution in [0.2, 0.25) is 0 Å². The number of hydrogen-bond donors (Lipinski definition) is 1. The van der Waals surface area contributed by atoms with Crippen molar-refractivity contribution in [3.8, 4) is 0 Å². The van der Waals surface area contributed by atoms with Gasteiger partial charge in [0.05, 0.1) is 5.52 Å². The standard InChI is InChI=1S/C16H20N2/c1-2-13-10-15(12-3-6-17-7-4-12)11-14-5-9-18(8-1)16(13)14/h5,9-12,17H,1-4,6-8H2. The molecule has 3 heterocycles. The van der Waals surface area contributed by atoms with Crippen LogP contribution in [0.4, 0.5) is 0 Å². The molecule has 2 aliphatic rings. The Hall–Kier alpha value is -1.28. The van der Waals surface area contributed by atoms with E-state index in [9.17, 15) is 0 Å². The average Bonchev–Trinajstić information content (AvgIpc) is 2.85. The van der Waals surface area contributed by atoms with Gasteiger partial charge in [0, 0.05) is 18.1 Å². The van der Waals surface area contributed by atoms with Gasteiger partial charge >= 0.3 is 0 Å². The van der Waals surface area contributed by atoms with Gasteiger partial charge in [-0.15, -0.1) is 0 Å². The van der Waals surface area contributed by atoms with Crippen LogP contribution in [0, 0.1) is 0 Å². The maximum atomic E-state index is 3.46. The Labute approximate surface area is 108 Å². The number of nitrogens with zero attached hydrogens (tertiary/aromatic N) is 1. The molecular formula is C16H20N2. The molecule has 0 bridgehead atoms. The number of rotatable bonds is 1. The molecule has 1 aromatic carbocycles. The second kappa shape index (κ2) is 4.13. The van der Waals surface area contributed by atoms with Crippen molar-refractivity contribution in [1.29, 1.82) is 0 Å². The molecular weight excluding hydrogens is 220 g/mol. The molecule has 0 unspecified atom stereocenters. The molecule has 4 rings (SSSR count). The monoisotopic (exact) mass is 240 g/mol. The molecule has 2 heteroatoms. The smallest absolute Gasteiger partial charge is 0.0513 e. The van der Waals surface area contributed by atoms with Crippen LogP contribution in [0.3, 0.4) is 0 Å². The molecule has 0 amide bonds. The Morgan fingerprint density at radius 3 is 2.94 bits per heavy atom. The zero-order valence-corrected chi connectivity index (χ0v) is 10.8. The summed E-state index contributed by atoms with van der Waals surface area (Å²) in [6, 6.07) is 7.24. The summed E-state index contributed by atoms with van der Waals surface area (Å²) in [7, 11) is 0. The first kappa shape index (κ1) is 10.6. The molecule has 0 atom stereocenters. The Morgan fingerprint density at radius 1 is 1.17 bits per heavy atom. The van der Waals surface area contributed by atoms with Crippen LogP contribution in [-0.2, 0) is 13.0 Å². The summed E-state index contributed by atoms with van der Waals surface area (Å²) < 4.78 is 2.43. The van der Waals surface area contributed by atoms with Crippen LogP contribution >= 0.6 is 0 Å². The van der Waals surface area contributed by atoms with E-state index in [1.165, 1.54) is 56.2 Å². The molecule has 0 spiro atoms. The summed E-state index contributed by atoms with van der Waals surface area (Å²) in [5.41, 5.74) is 4.66. The van der Waals surface area contributed by atoms with Crippen molar-refractivity contribution in [3.63, 3.8) is 0 Å². The van der Waals surface area contributed by atoms with E-state index in [4.69, 9.17) is 0 Å². The Kier molecular flexibility index (Phi) is 2.44. The van der Waals surface area contributed by atoms with Gasteiger partial charge in [-0.3, -0.25) is 0 Å². The first-order chi connectivity index (χ1) is 8.92. The maximum Gasteiger partial charge on any atom is 0.0513 e. The summed E-state index contributed by atoms with van der Waals surface area (Å²) in [5, 5.41) is 4.92. The number of benzene rings is 1. The Bertz CT molecular complexity index is 576. The van der Waals surface area contributed by atoms with E-state index in [0.29, 0.717) is 0 Å². The van der Waals surface area contributed by atoms with Gasteiger partial charge in [0.1, 0.15) is 0 Å². The molecule has 2 nitrogen and oxygen atoms in total. The van der Waals surface area contributed by atoms with Crippen molar-refractivity contribution in [2.75, 3.05) is 13.1 Å². The highest BCUT2D eigenvalue weighted by molar-refractivity contribution is 5.85. The number of nitrogens with one attached hydrogen (secondary N) is 1. The fraction of sp³-hybridized carbons (Fsp3) is 0.500. The van der Waals surface area contributed by atoms with Crippen molar-refractivity contribution >= 4 is 10.9 Å². The zero-order valence-electron chi connectivity index (χ0n) is 10.8. The minimum absolute atomic E-state index is 0.775. The van der Waals surface area contributed by atoms with Gasteiger partial charge in [0.25, 0.3) is 0 Å². The quantitative estimate of drug-likeness (QED) is 0.810. The normalized spacial score (nSPS) is 20.4. The van der Waals surface area contributed by atoms with Crippen LogP contribution in [0.5, 0.6) is 0 Å². The van der Waals surface area contributed by atoms with E-state index >= 15 is 0 Å². The van der Waals surface area contributed by atoms with Gasteiger partial charge in [-0.1, -0.05) is 6.07 Å². The number of hydrogen-bond acceptors (Lipinski definition) is 1. The van der Waals surface area contributed by atoms with Crippen LogP contribution in [0.1, 0.15) is 36.3 Å². The summed E-state index contributed by atoms with van der Waals surface area (Å²) >= 11 is 0. The van der Waals surface area contributed by atoms with Gasteiger partial charge < -0.3 is 9.88 Å². The van der Waals surface area contributed by atoms with Crippen molar-refractivity contribution in [2.45, 2.75) is 38.1 Å². The minimum atomic E-state index is 0.775. The molecule has 2 aliphatic heterocycles. The van der Waals surface area contributed by atoms with Gasteiger partial charge in [-0.2, -0.15) is 0 Å². The summed E-state index contributed by atoms with van der Waals surface area (Å²) in [6.07, 6.45) is 7.42. The van der Waals surface area contributed by atoms with Crippen molar-refractivity contribution in [1.82, 2.24) is 9.88 Å². The average molecular weight is 240 g/mol. The highest BCUT2D eigenvalue weighted by Gasteiger charge is 2.19. The van der Waals surface area contributed by atoms with Crippen LogP contribution in [0.25, 0.3) is 10.9 Å². The molecule has 94 valence electrons. The predicted octanol–water partition coefficient (Wildman–Crippen LogP) is 3.05. The van der Waals surface area contributed by atoms with Gasteiger partial charge in [-0.25, -0.2) is 0 Å². The van der Waals surface area contributed by atoms with Gasteiger partial charge in [0.15, 0.2) is 0 Å². The number of aromatic nitrogens is 1. The van der Waals surface area contributed by atoms with E-state index in [1.807, 2.05) is 0 Å². The fourth-order valence-electron chi connectivity index (χ4n) is 3.67. The second-order valence-corrected chi connectivity index (χ2v) is 5.75. The lowest BCUT2D eigenvalue weighted by Crippen LogP contribution is -2.26. The first-order valence-electron chi connectivity index (χ1n) is 7.24. The molecule has 0 radical (unpaired) electrons. The van der Waals surface area contributed by atoms with Gasteiger partial charge in [0.2, 0.25) is 0 Å². The molecule has 1 fully saturated rings. The van der Waals surface area contributed by atoms with E-state index in [1.54, 1.807) is 11.1 Å². The summed E-state index contributed by atoms with van der Waals surface area (Å²) in [6.45, 7) is 3.56. The number of piperidine rings is 1. The maximum absolute atomic E-state index is 3.46. The van der Waals surface area contributed by atoms with Crippen molar-refractivity contribution in [2.24, 2.45) is 0 Å². The zero-order chi connectivity index (χ0) is 11.9. The fourth-order valence-corrected chi connectivity index (χ4v) is 3.67. The molecule has 0 saturated carbocycles. The lowest BCUT2D eigenvalue weighted by molar-refractivity contribution is 0.460. The van der Waals surface area contributed by atoms with E-state index in [2.05, 4.69) is 34.3 Å². The SMILES string of the molecule is c1c(C2CCNCC2)cc2ccn3c2c1CCC3. The molecule has 2 aromatic rings. The molecule has 1 aromatic heterocycles. The molecule has 1 saturated heterocycles. The number of aryl methyl sites for hydroxylation is 2. The third-order valence-electron chi connectivity index (χ3n) is 4.62. The minimum Gasteiger partial charge on any atom is -0.347 e. The molecule has 0 aliphatic carbocycles. The largest absolute Gasteiger partial charge is 0.347 e. The third-order valence-corrected chi connectivity index (χ3v) is 4.62. The van der Waals surface area contributed by atoms with Crippen molar-refractivity contribution < 1.29 is 0 Å². The lowest BCUT2D eigenvalue weighted by Gasteiger charge is -2.25. The van der Waals surface area contributed by atoms with Crippen LogP contribution in [-0.4, -0.2) is 17.7 Å². The van der Waals surface area contributed by atoms with E-state index < -0.39 is 0 Å². The van der Waals surface area contributed by atoms with Crippen LogP contribution < -0.4 is 5.32 Å². The van der Waals surface area contributed by atoms with Gasteiger partial charge in [-0.05, 0) is 68.0 Å². The Balaban J connectivity index is 1.82. The molecule has 18 heavy (non-hydrogen) atoms. The first-order valence-corrected chi connectivity index (χ1v) is 7.24. The van der Waals surface area contributed by atoms with Crippen molar-refractivity contribution in [3.05, 3.63) is 35.5 Å². The predicted molar refractivity (Wildman–Crippen MR) is 75.1 cm³/mol. The van der Waals surface area contributed by atoms with E-state index in [0.717, 1.165) is 5.92 Å². The van der Waals surface area contributed by atoms with Crippen LogP contribution in [0.15, 0.2) is 24.4 Å². The third kappa shape index (κ3) is 1.59. The summed E-state index contributed by atoms with van der Waals surface area (Å²) in [4.78, 5) is 0. The second-order valence-electron chi connectivity index (χ2n) is 5.75. The highest BCUT2D eigenvalue weighted by atomic mass is 15.0. The molecule has 1 N–H and O–H groups in total. The lowest BCUT2D eigenvalue weighted by atomic mass is 9.87. The Morgan fingerprint density at radius 2 is 2.06 bits per heavy atom. The summed E-state index contributed by atoms with van der Waals surface area (Å²) in [5.74, 6) is 0.775. The topological polar surface area (TPSA) is 17.0 Å².